The van der Waals surface area contributed by atoms with E-state index in [-0.39, 0.29) is 12.3 Å². The lowest BCUT2D eigenvalue weighted by Gasteiger charge is -2.23. The first-order chi connectivity index (χ1) is 10.1. The number of carbonyl (C=O) groups is 2. The Hall–Kier alpha value is -2.63. The molecule has 6 heteroatoms. The molecule has 0 radical (unpaired) electrons. The number of nitrogens with one attached hydrogen (secondary N) is 1. The minimum absolute atomic E-state index is 0.190. The third-order valence-electron chi connectivity index (χ3n) is 3.62. The molecule has 2 aromatic rings. The molecule has 6 nitrogen and oxygen atoms in total. The monoisotopic (exact) mass is 285 g/mol. The average Bonchev–Trinajstić information content (AvgIpc) is 2.75. The van der Waals surface area contributed by atoms with Gasteiger partial charge in [-0.15, -0.1) is 0 Å². The predicted octanol–water partition coefficient (Wildman–Crippen LogP) is 1.90. The molecule has 1 aliphatic rings. The van der Waals surface area contributed by atoms with E-state index in [4.69, 9.17) is 5.11 Å². The molecule has 1 amide bonds. The van der Waals surface area contributed by atoms with Gasteiger partial charge in [0.25, 0.3) is 0 Å². The maximum Gasteiger partial charge on any atom is 0.304 e. The van der Waals surface area contributed by atoms with Crippen molar-refractivity contribution >= 4 is 17.7 Å². The molecule has 0 spiro atoms. The number of aliphatic carboxylic acids is 1. The van der Waals surface area contributed by atoms with Crippen molar-refractivity contribution in [2.45, 2.75) is 19.9 Å². The van der Waals surface area contributed by atoms with E-state index in [0.29, 0.717) is 12.4 Å². The zero-order valence-electron chi connectivity index (χ0n) is 11.5. The number of benzene rings is 1. The Morgan fingerprint density at radius 2 is 2.14 bits per heavy atom. The van der Waals surface area contributed by atoms with Gasteiger partial charge in [-0.25, -0.2) is 4.68 Å². The van der Waals surface area contributed by atoms with E-state index >= 15 is 0 Å². The smallest absolute Gasteiger partial charge is 0.304 e. The summed E-state index contributed by atoms with van der Waals surface area (Å²) in [6, 6.07) is 9.70. The summed E-state index contributed by atoms with van der Waals surface area (Å²) in [5, 5.41) is 16.1. The number of anilines is 1. The van der Waals surface area contributed by atoms with Crippen LogP contribution in [0.1, 0.15) is 12.1 Å². The van der Waals surface area contributed by atoms with Gasteiger partial charge in [0.15, 0.2) is 0 Å². The summed E-state index contributed by atoms with van der Waals surface area (Å²) in [6.07, 6.45) is -0.190. The van der Waals surface area contributed by atoms with Crippen molar-refractivity contribution in [3.8, 4) is 11.1 Å². The van der Waals surface area contributed by atoms with Gasteiger partial charge in [-0.3, -0.25) is 9.59 Å². The maximum absolute atomic E-state index is 12.1. The Morgan fingerprint density at radius 1 is 1.43 bits per heavy atom. The van der Waals surface area contributed by atoms with Gasteiger partial charge in [0, 0.05) is 5.56 Å². The molecule has 0 bridgehead atoms. The van der Waals surface area contributed by atoms with Crippen LogP contribution in [0.4, 0.5) is 5.82 Å². The molecule has 0 saturated heterocycles. The van der Waals surface area contributed by atoms with Gasteiger partial charge in [-0.1, -0.05) is 30.3 Å². The molecule has 1 aromatic heterocycles. The third-order valence-corrected chi connectivity index (χ3v) is 3.62. The summed E-state index contributed by atoms with van der Waals surface area (Å²) in [6.45, 7) is 2.17. The van der Waals surface area contributed by atoms with Crippen LogP contribution in [0.2, 0.25) is 0 Å². The molecular formula is C15H15N3O3. The average molecular weight is 285 g/mol. The molecule has 1 aromatic carbocycles. The predicted molar refractivity (Wildman–Crippen MR) is 76.8 cm³/mol. The van der Waals surface area contributed by atoms with E-state index in [0.717, 1.165) is 16.8 Å². The van der Waals surface area contributed by atoms with Gasteiger partial charge in [0.05, 0.1) is 24.6 Å². The highest BCUT2D eigenvalue weighted by Crippen LogP contribution is 2.34. The highest BCUT2D eigenvalue weighted by molar-refractivity contribution is 5.98. The molecule has 2 heterocycles. The number of hydrogen-bond acceptors (Lipinski definition) is 3. The van der Waals surface area contributed by atoms with E-state index < -0.39 is 11.9 Å². The largest absolute Gasteiger partial charge is 0.481 e. The number of carboxylic acids is 1. The minimum Gasteiger partial charge on any atom is -0.481 e. The second-order valence-corrected chi connectivity index (χ2v) is 5.14. The third kappa shape index (κ3) is 2.40. The zero-order valence-corrected chi connectivity index (χ0v) is 11.5. The molecule has 0 unspecified atom stereocenters. The van der Waals surface area contributed by atoms with Crippen LogP contribution in [-0.4, -0.2) is 26.8 Å². The van der Waals surface area contributed by atoms with E-state index in [1.165, 1.54) is 0 Å². The highest BCUT2D eigenvalue weighted by atomic mass is 16.4. The number of hydrogen-bond donors (Lipinski definition) is 2. The lowest BCUT2D eigenvalue weighted by atomic mass is 10.0. The van der Waals surface area contributed by atoms with Gasteiger partial charge < -0.3 is 10.4 Å². The summed E-state index contributed by atoms with van der Waals surface area (Å²) >= 11 is 0. The number of fused-ring (bicyclic) bond motifs is 1. The number of aryl methyl sites for hydroxylation is 1. The Kier molecular flexibility index (Phi) is 3.21. The Bertz CT molecular complexity index is 706. The topological polar surface area (TPSA) is 84.2 Å². The van der Waals surface area contributed by atoms with Crippen LogP contribution in [0.15, 0.2) is 30.3 Å². The maximum atomic E-state index is 12.1. The summed E-state index contributed by atoms with van der Waals surface area (Å²) < 4.78 is 1.69. The van der Waals surface area contributed by atoms with Gasteiger partial charge in [0.2, 0.25) is 5.91 Å². The van der Waals surface area contributed by atoms with Crippen molar-refractivity contribution in [3.05, 3.63) is 36.0 Å². The Balaban J connectivity index is 2.01. The van der Waals surface area contributed by atoms with Crippen LogP contribution < -0.4 is 5.32 Å². The lowest BCUT2D eigenvalue weighted by Crippen LogP contribution is -2.35. The molecule has 21 heavy (non-hydrogen) atoms. The van der Waals surface area contributed by atoms with E-state index in [1.54, 1.807) is 4.68 Å². The second kappa shape index (κ2) is 5.05. The molecule has 0 saturated carbocycles. The number of carboxylic acid groups (broad SMARTS) is 1. The Morgan fingerprint density at radius 3 is 2.81 bits per heavy atom. The van der Waals surface area contributed by atoms with Crippen molar-refractivity contribution in [2.75, 3.05) is 5.32 Å². The van der Waals surface area contributed by atoms with E-state index in [9.17, 15) is 9.59 Å². The number of amides is 1. The van der Waals surface area contributed by atoms with Crippen LogP contribution in [0.3, 0.4) is 0 Å². The van der Waals surface area contributed by atoms with Crippen molar-refractivity contribution in [2.24, 2.45) is 5.92 Å². The quantitative estimate of drug-likeness (QED) is 0.902. The standard InChI is InChI=1S/C15H15N3O3/c1-9-13(10-5-3-2-4-6-10)14-16-15(21)11(7-12(19)20)8-18(14)17-9/h2-6,11H,7-8H2,1H3,(H,16,21)(H,19,20)/t11-/m0/s1. The molecular weight excluding hydrogens is 270 g/mol. The number of carbonyl (C=O) groups excluding carboxylic acids is 1. The molecule has 0 aliphatic carbocycles. The number of rotatable bonds is 3. The van der Waals surface area contributed by atoms with Crippen LogP contribution in [0.25, 0.3) is 11.1 Å². The second-order valence-electron chi connectivity index (χ2n) is 5.14. The molecule has 1 atom stereocenters. The van der Waals surface area contributed by atoms with Crippen molar-refractivity contribution in [1.29, 1.82) is 0 Å². The summed E-state index contributed by atoms with van der Waals surface area (Å²) in [4.78, 5) is 22.9. The van der Waals surface area contributed by atoms with Crippen LogP contribution >= 0.6 is 0 Å². The molecule has 0 fully saturated rings. The van der Waals surface area contributed by atoms with Crippen molar-refractivity contribution in [3.63, 3.8) is 0 Å². The molecule has 3 rings (SSSR count). The molecule has 2 N–H and O–H groups in total. The number of nitrogens with zero attached hydrogens (tertiary/aromatic N) is 2. The first-order valence-corrected chi connectivity index (χ1v) is 6.71. The van der Waals surface area contributed by atoms with E-state index in [2.05, 4.69) is 10.4 Å². The van der Waals surface area contributed by atoms with Gasteiger partial charge >= 0.3 is 5.97 Å². The normalized spacial score (nSPS) is 17.2. The summed E-state index contributed by atoms with van der Waals surface area (Å²) in [7, 11) is 0. The summed E-state index contributed by atoms with van der Waals surface area (Å²) in [5.74, 6) is -1.18. The highest BCUT2D eigenvalue weighted by Gasteiger charge is 2.31. The van der Waals surface area contributed by atoms with Crippen LogP contribution in [0.5, 0.6) is 0 Å². The first-order valence-electron chi connectivity index (χ1n) is 6.71. The minimum atomic E-state index is -0.981. The fourth-order valence-electron chi connectivity index (χ4n) is 2.67. The molecule has 108 valence electrons. The number of aromatic nitrogens is 2. The van der Waals surface area contributed by atoms with Crippen molar-refractivity contribution in [1.82, 2.24) is 9.78 Å². The fourth-order valence-corrected chi connectivity index (χ4v) is 2.67. The summed E-state index contributed by atoms with van der Waals surface area (Å²) in [5.41, 5.74) is 2.68. The van der Waals surface area contributed by atoms with E-state index in [1.807, 2.05) is 37.3 Å². The van der Waals surface area contributed by atoms with Crippen molar-refractivity contribution < 1.29 is 14.7 Å². The lowest BCUT2D eigenvalue weighted by molar-refractivity contribution is -0.140. The zero-order chi connectivity index (χ0) is 15.0. The fraction of sp³-hybridized carbons (Fsp3) is 0.267. The Labute approximate surface area is 121 Å². The van der Waals surface area contributed by atoms with Gasteiger partial charge in [0.1, 0.15) is 5.82 Å². The van der Waals surface area contributed by atoms with Crippen LogP contribution in [0, 0.1) is 12.8 Å². The molecule has 1 aliphatic heterocycles. The van der Waals surface area contributed by atoms with Crippen LogP contribution in [-0.2, 0) is 16.1 Å². The SMILES string of the molecule is Cc1nn2c(c1-c1ccccc1)NC(=O)[C@@H](CC(=O)O)C2. The van der Waals surface area contributed by atoms with Gasteiger partial charge in [-0.2, -0.15) is 5.10 Å². The first kappa shape index (κ1) is 13.4. The van der Waals surface area contributed by atoms with Gasteiger partial charge in [-0.05, 0) is 12.5 Å².